The van der Waals surface area contributed by atoms with E-state index >= 15 is 0 Å². The Morgan fingerprint density at radius 1 is 1.12 bits per heavy atom. The number of carbonyl (C=O) groups is 2. The SMILES string of the molecule is CCN(CC)CCN1C(=O)C(=O)/C(=C(\O)c2ccc3c(c2)N(C)CCO3)C1c1ccc(O)cc1. The van der Waals surface area contributed by atoms with Crippen molar-refractivity contribution in [2.75, 3.05) is 51.3 Å². The number of rotatable bonds is 7. The fourth-order valence-corrected chi connectivity index (χ4v) is 4.56. The molecular formula is C26H31N3O5. The molecule has 2 aliphatic rings. The zero-order valence-electron chi connectivity index (χ0n) is 19.8. The van der Waals surface area contributed by atoms with Crippen LogP contribution < -0.4 is 9.64 Å². The maximum Gasteiger partial charge on any atom is 0.295 e. The minimum Gasteiger partial charge on any atom is -0.508 e. The van der Waals surface area contributed by atoms with Crippen LogP contribution >= 0.6 is 0 Å². The van der Waals surface area contributed by atoms with Gasteiger partial charge in [-0.15, -0.1) is 0 Å². The molecule has 0 radical (unpaired) electrons. The lowest BCUT2D eigenvalue weighted by molar-refractivity contribution is -0.140. The Morgan fingerprint density at radius 2 is 1.82 bits per heavy atom. The molecule has 2 aromatic carbocycles. The van der Waals surface area contributed by atoms with Crippen LogP contribution in [0, 0.1) is 0 Å². The maximum absolute atomic E-state index is 13.2. The molecule has 180 valence electrons. The Balaban J connectivity index is 1.79. The van der Waals surface area contributed by atoms with Gasteiger partial charge in [-0.25, -0.2) is 0 Å². The van der Waals surface area contributed by atoms with E-state index in [1.54, 1.807) is 30.3 Å². The predicted octanol–water partition coefficient (Wildman–Crippen LogP) is 2.98. The van der Waals surface area contributed by atoms with Gasteiger partial charge >= 0.3 is 0 Å². The van der Waals surface area contributed by atoms with Crippen molar-refractivity contribution in [3.8, 4) is 11.5 Å². The molecule has 4 rings (SSSR count). The number of amides is 1. The van der Waals surface area contributed by atoms with Crippen LogP contribution in [-0.4, -0.2) is 78.1 Å². The fraction of sp³-hybridized carbons (Fsp3) is 0.385. The summed E-state index contributed by atoms with van der Waals surface area (Å²) in [5, 5.41) is 21.1. The van der Waals surface area contributed by atoms with Crippen molar-refractivity contribution in [3.63, 3.8) is 0 Å². The van der Waals surface area contributed by atoms with E-state index < -0.39 is 17.7 Å². The molecule has 1 amide bonds. The summed E-state index contributed by atoms with van der Waals surface area (Å²) in [6, 6.07) is 10.9. The standard InChI is InChI=1S/C26H31N3O5/c1-4-28(5-2)12-13-29-23(17-6-9-19(30)10-7-17)22(25(32)26(29)33)24(31)18-8-11-21-20(16-18)27(3)14-15-34-21/h6-11,16,23,30-31H,4-5,12-15H2,1-3H3/b24-22-. The third kappa shape index (κ3) is 4.33. The lowest BCUT2D eigenvalue weighted by atomic mass is 9.95. The van der Waals surface area contributed by atoms with Crippen molar-refractivity contribution < 1.29 is 24.5 Å². The summed E-state index contributed by atoms with van der Waals surface area (Å²) in [5.74, 6) is -0.771. The van der Waals surface area contributed by atoms with Gasteiger partial charge in [0, 0.05) is 25.7 Å². The summed E-state index contributed by atoms with van der Waals surface area (Å²) in [6.45, 7) is 7.99. The number of Topliss-reactive ketones (excluding diaryl/α,β-unsaturated/α-hetero) is 1. The average molecular weight is 466 g/mol. The molecule has 1 unspecified atom stereocenters. The number of ketones is 1. The monoisotopic (exact) mass is 465 g/mol. The summed E-state index contributed by atoms with van der Waals surface area (Å²) in [6.07, 6.45) is 0. The number of fused-ring (bicyclic) bond motifs is 1. The van der Waals surface area contributed by atoms with Crippen LogP contribution in [0.1, 0.15) is 31.0 Å². The Bertz CT molecular complexity index is 1110. The first-order chi connectivity index (χ1) is 16.3. The van der Waals surface area contributed by atoms with Crippen molar-refractivity contribution in [3.05, 3.63) is 59.2 Å². The number of ether oxygens (including phenoxy) is 1. The quantitative estimate of drug-likeness (QED) is 0.369. The van der Waals surface area contributed by atoms with Crippen LogP contribution in [0.5, 0.6) is 11.5 Å². The predicted molar refractivity (Wildman–Crippen MR) is 130 cm³/mol. The van der Waals surface area contributed by atoms with E-state index in [1.165, 1.54) is 17.0 Å². The second kappa shape index (κ2) is 9.77. The summed E-state index contributed by atoms with van der Waals surface area (Å²) in [5.41, 5.74) is 1.96. The highest BCUT2D eigenvalue weighted by Gasteiger charge is 2.46. The number of phenolic OH excluding ortho intramolecular Hbond substituents is 1. The van der Waals surface area contributed by atoms with Crippen LogP contribution in [0.15, 0.2) is 48.0 Å². The molecule has 1 atom stereocenters. The summed E-state index contributed by atoms with van der Waals surface area (Å²) < 4.78 is 5.69. The summed E-state index contributed by atoms with van der Waals surface area (Å²) >= 11 is 0. The van der Waals surface area contributed by atoms with Crippen molar-refractivity contribution in [2.45, 2.75) is 19.9 Å². The van der Waals surface area contributed by atoms with Gasteiger partial charge in [-0.3, -0.25) is 9.59 Å². The van der Waals surface area contributed by atoms with Gasteiger partial charge in [0.2, 0.25) is 0 Å². The molecule has 2 aromatic rings. The third-order valence-corrected chi connectivity index (χ3v) is 6.63. The van der Waals surface area contributed by atoms with Crippen molar-refractivity contribution in [2.24, 2.45) is 0 Å². The van der Waals surface area contributed by atoms with Gasteiger partial charge in [-0.1, -0.05) is 26.0 Å². The van der Waals surface area contributed by atoms with Gasteiger partial charge in [0.15, 0.2) is 0 Å². The molecule has 0 saturated carbocycles. The second-order valence-electron chi connectivity index (χ2n) is 8.56. The normalized spacial score (nSPS) is 19.5. The average Bonchev–Trinajstić information content (AvgIpc) is 3.10. The Labute approximate surface area is 199 Å². The van der Waals surface area contributed by atoms with E-state index in [0.29, 0.717) is 43.1 Å². The number of likely N-dealkylation sites (tertiary alicyclic amines) is 1. The van der Waals surface area contributed by atoms with Gasteiger partial charge in [-0.2, -0.15) is 0 Å². The number of anilines is 1. The largest absolute Gasteiger partial charge is 0.508 e. The zero-order chi connectivity index (χ0) is 24.4. The van der Waals surface area contributed by atoms with Crippen LogP contribution in [-0.2, 0) is 9.59 Å². The number of benzene rings is 2. The summed E-state index contributed by atoms with van der Waals surface area (Å²) in [7, 11) is 1.94. The molecule has 0 spiro atoms. The highest BCUT2D eigenvalue weighted by Crippen LogP contribution is 2.41. The van der Waals surface area contributed by atoms with Gasteiger partial charge in [0.1, 0.15) is 23.9 Å². The second-order valence-corrected chi connectivity index (χ2v) is 8.56. The number of aliphatic hydroxyl groups excluding tert-OH is 1. The van der Waals surface area contributed by atoms with Gasteiger partial charge in [-0.05, 0) is 49.0 Å². The maximum atomic E-state index is 13.2. The van der Waals surface area contributed by atoms with E-state index in [9.17, 15) is 19.8 Å². The number of likely N-dealkylation sites (N-methyl/N-ethyl adjacent to an activating group) is 2. The lowest BCUT2D eigenvalue weighted by Crippen LogP contribution is -2.38. The van der Waals surface area contributed by atoms with Crippen molar-refractivity contribution >= 4 is 23.1 Å². The molecule has 0 bridgehead atoms. The molecule has 1 fully saturated rings. The van der Waals surface area contributed by atoms with Crippen molar-refractivity contribution in [1.29, 1.82) is 0 Å². The first kappa shape index (κ1) is 23.6. The molecule has 2 aliphatic heterocycles. The molecule has 8 nitrogen and oxygen atoms in total. The van der Waals surface area contributed by atoms with Gasteiger partial charge < -0.3 is 29.6 Å². The molecule has 0 aliphatic carbocycles. The Morgan fingerprint density at radius 3 is 2.50 bits per heavy atom. The molecule has 2 heterocycles. The van der Waals surface area contributed by atoms with Crippen LogP contribution in [0.25, 0.3) is 5.76 Å². The molecule has 8 heteroatoms. The first-order valence-electron chi connectivity index (χ1n) is 11.6. The van der Waals surface area contributed by atoms with Gasteiger partial charge in [0.05, 0.1) is 23.8 Å². The minimum atomic E-state index is -0.749. The third-order valence-electron chi connectivity index (χ3n) is 6.63. The fourth-order valence-electron chi connectivity index (χ4n) is 4.56. The van der Waals surface area contributed by atoms with E-state index in [1.807, 2.05) is 25.8 Å². The number of hydrogen-bond acceptors (Lipinski definition) is 7. The lowest BCUT2D eigenvalue weighted by Gasteiger charge is -2.29. The molecule has 0 aromatic heterocycles. The number of carbonyl (C=O) groups excluding carboxylic acids is 2. The Kier molecular flexibility index (Phi) is 6.79. The Hall–Kier alpha value is -3.52. The molecule has 2 N–H and O–H groups in total. The van der Waals surface area contributed by atoms with Gasteiger partial charge in [0.25, 0.3) is 11.7 Å². The topological polar surface area (TPSA) is 93.6 Å². The van der Waals surface area contributed by atoms with E-state index in [2.05, 4.69) is 4.90 Å². The zero-order valence-corrected chi connectivity index (χ0v) is 19.8. The van der Waals surface area contributed by atoms with Crippen LogP contribution in [0.2, 0.25) is 0 Å². The number of aliphatic hydroxyl groups is 1. The van der Waals surface area contributed by atoms with E-state index in [4.69, 9.17) is 4.74 Å². The smallest absolute Gasteiger partial charge is 0.295 e. The van der Waals surface area contributed by atoms with Crippen LogP contribution in [0.4, 0.5) is 5.69 Å². The highest BCUT2D eigenvalue weighted by molar-refractivity contribution is 6.46. The molecule has 1 saturated heterocycles. The molecular weight excluding hydrogens is 434 g/mol. The first-order valence-corrected chi connectivity index (χ1v) is 11.6. The number of hydrogen-bond donors (Lipinski definition) is 2. The summed E-state index contributed by atoms with van der Waals surface area (Å²) in [4.78, 5) is 32.0. The van der Waals surface area contributed by atoms with E-state index in [0.717, 1.165) is 18.8 Å². The number of aromatic hydroxyl groups is 1. The number of phenols is 1. The number of nitrogens with zero attached hydrogens (tertiary/aromatic N) is 3. The molecule has 34 heavy (non-hydrogen) atoms. The highest BCUT2D eigenvalue weighted by atomic mass is 16.5. The van der Waals surface area contributed by atoms with E-state index in [-0.39, 0.29) is 17.1 Å². The van der Waals surface area contributed by atoms with Crippen LogP contribution in [0.3, 0.4) is 0 Å². The van der Waals surface area contributed by atoms with Crippen molar-refractivity contribution in [1.82, 2.24) is 9.80 Å². The minimum absolute atomic E-state index is 0.0505.